The Morgan fingerprint density at radius 3 is 2.79 bits per heavy atom. The minimum atomic E-state index is -0.305. The van der Waals surface area contributed by atoms with E-state index in [2.05, 4.69) is 5.32 Å². The van der Waals surface area contributed by atoms with Gasteiger partial charge in [-0.25, -0.2) is 4.79 Å². The zero-order chi connectivity index (χ0) is 10.1. The average Bonchev–Trinajstić information content (AvgIpc) is 2.71. The first-order valence-corrected chi connectivity index (χ1v) is 4.93. The highest BCUT2D eigenvalue weighted by molar-refractivity contribution is 6.02. The van der Waals surface area contributed by atoms with Crippen molar-refractivity contribution in [3.63, 3.8) is 0 Å². The number of rotatable bonds is 2. The summed E-state index contributed by atoms with van der Waals surface area (Å²) >= 11 is 0. The van der Waals surface area contributed by atoms with Gasteiger partial charge in [-0.2, -0.15) is 0 Å². The van der Waals surface area contributed by atoms with E-state index < -0.39 is 0 Å². The number of imide groups is 1. The number of carbonyl (C=O) groups is 2. The fourth-order valence-corrected chi connectivity index (χ4v) is 2.37. The molecule has 5 nitrogen and oxygen atoms in total. The molecule has 1 saturated carbocycles. The van der Waals surface area contributed by atoms with Gasteiger partial charge < -0.3 is 10.0 Å². The third-order valence-corrected chi connectivity index (χ3v) is 3.07. The summed E-state index contributed by atoms with van der Waals surface area (Å²) < 4.78 is 0. The zero-order valence-corrected chi connectivity index (χ0v) is 7.90. The van der Waals surface area contributed by atoms with E-state index in [1.807, 2.05) is 0 Å². The van der Waals surface area contributed by atoms with Gasteiger partial charge in [0.2, 0.25) is 5.91 Å². The minimum absolute atomic E-state index is 0.0476. The van der Waals surface area contributed by atoms with E-state index in [1.54, 1.807) is 4.90 Å². The third kappa shape index (κ3) is 1.48. The SMILES string of the molecule is O=C1CN(C2CCCC2CO)C(=O)N1. The van der Waals surface area contributed by atoms with Crippen molar-refractivity contribution in [1.82, 2.24) is 10.2 Å². The smallest absolute Gasteiger partial charge is 0.324 e. The zero-order valence-electron chi connectivity index (χ0n) is 7.90. The maximum Gasteiger partial charge on any atom is 0.324 e. The minimum Gasteiger partial charge on any atom is -0.396 e. The fourth-order valence-electron chi connectivity index (χ4n) is 2.37. The first-order chi connectivity index (χ1) is 6.72. The molecule has 1 heterocycles. The largest absolute Gasteiger partial charge is 0.396 e. The van der Waals surface area contributed by atoms with E-state index in [1.165, 1.54) is 0 Å². The molecule has 0 bridgehead atoms. The molecule has 1 aliphatic heterocycles. The van der Waals surface area contributed by atoms with Crippen LogP contribution in [-0.4, -0.2) is 41.1 Å². The van der Waals surface area contributed by atoms with Crippen LogP contribution in [0.5, 0.6) is 0 Å². The van der Waals surface area contributed by atoms with E-state index in [4.69, 9.17) is 5.11 Å². The molecule has 0 radical (unpaired) electrons. The van der Waals surface area contributed by atoms with E-state index in [0.717, 1.165) is 19.3 Å². The maximum atomic E-state index is 11.3. The third-order valence-electron chi connectivity index (χ3n) is 3.07. The normalized spacial score (nSPS) is 32.5. The van der Waals surface area contributed by atoms with Crippen LogP contribution in [0, 0.1) is 5.92 Å². The molecular formula is C9H14N2O3. The Labute approximate surface area is 82.1 Å². The Bertz CT molecular complexity index is 267. The second-order valence-electron chi connectivity index (χ2n) is 3.92. The molecule has 1 aliphatic carbocycles. The first-order valence-electron chi connectivity index (χ1n) is 4.93. The van der Waals surface area contributed by atoms with Crippen LogP contribution >= 0.6 is 0 Å². The lowest BCUT2D eigenvalue weighted by atomic mass is 10.0. The van der Waals surface area contributed by atoms with Gasteiger partial charge in [0, 0.05) is 18.6 Å². The van der Waals surface area contributed by atoms with Crippen LogP contribution in [0.15, 0.2) is 0 Å². The van der Waals surface area contributed by atoms with Crippen LogP contribution in [0.4, 0.5) is 4.79 Å². The van der Waals surface area contributed by atoms with Crippen LogP contribution < -0.4 is 5.32 Å². The summed E-state index contributed by atoms with van der Waals surface area (Å²) in [6.45, 7) is 0.253. The van der Waals surface area contributed by atoms with Crippen LogP contribution in [0.25, 0.3) is 0 Å². The van der Waals surface area contributed by atoms with E-state index in [-0.39, 0.29) is 37.0 Å². The standard InChI is InChI=1S/C9H14N2O3/c12-5-6-2-1-3-7(6)11-4-8(13)10-9(11)14/h6-7,12H,1-5H2,(H,10,13,14). The van der Waals surface area contributed by atoms with Crippen molar-refractivity contribution in [2.45, 2.75) is 25.3 Å². The van der Waals surface area contributed by atoms with Crippen molar-refractivity contribution >= 4 is 11.9 Å². The number of aliphatic hydroxyl groups excluding tert-OH is 1. The molecule has 0 aromatic carbocycles. The summed E-state index contributed by atoms with van der Waals surface area (Å²) in [7, 11) is 0. The predicted octanol–water partition coefficient (Wildman–Crippen LogP) is -0.301. The van der Waals surface area contributed by atoms with Crippen molar-refractivity contribution in [2.24, 2.45) is 5.92 Å². The van der Waals surface area contributed by atoms with Crippen LogP contribution in [-0.2, 0) is 4.79 Å². The van der Waals surface area contributed by atoms with E-state index >= 15 is 0 Å². The van der Waals surface area contributed by atoms with Gasteiger partial charge in [-0.3, -0.25) is 10.1 Å². The van der Waals surface area contributed by atoms with Crippen LogP contribution in [0.3, 0.4) is 0 Å². The molecule has 5 heteroatoms. The summed E-state index contributed by atoms with van der Waals surface area (Å²) in [4.78, 5) is 23.9. The molecule has 2 atom stereocenters. The number of aliphatic hydroxyl groups is 1. The molecule has 14 heavy (non-hydrogen) atoms. The van der Waals surface area contributed by atoms with Crippen LogP contribution in [0.2, 0.25) is 0 Å². The van der Waals surface area contributed by atoms with Gasteiger partial charge in [-0.1, -0.05) is 6.42 Å². The lowest BCUT2D eigenvalue weighted by Crippen LogP contribution is -2.41. The summed E-state index contributed by atoms with van der Waals surface area (Å²) in [5.41, 5.74) is 0. The number of carbonyl (C=O) groups excluding carboxylic acids is 2. The highest BCUT2D eigenvalue weighted by Crippen LogP contribution is 2.30. The van der Waals surface area contributed by atoms with Gasteiger partial charge in [0.25, 0.3) is 0 Å². The van der Waals surface area contributed by atoms with Crippen molar-refractivity contribution in [2.75, 3.05) is 13.2 Å². The molecule has 2 N–H and O–H groups in total. The number of nitrogens with one attached hydrogen (secondary N) is 1. The highest BCUT2D eigenvalue weighted by Gasteiger charge is 2.38. The molecule has 3 amide bonds. The van der Waals surface area contributed by atoms with E-state index in [9.17, 15) is 9.59 Å². The molecule has 78 valence electrons. The predicted molar refractivity (Wildman–Crippen MR) is 48.5 cm³/mol. The Hall–Kier alpha value is -1.10. The van der Waals surface area contributed by atoms with Gasteiger partial charge in [-0.05, 0) is 12.8 Å². The topological polar surface area (TPSA) is 69.6 Å². The van der Waals surface area contributed by atoms with Gasteiger partial charge in [0.1, 0.15) is 6.54 Å². The highest BCUT2D eigenvalue weighted by atomic mass is 16.3. The van der Waals surface area contributed by atoms with E-state index in [0.29, 0.717) is 0 Å². The lowest BCUT2D eigenvalue weighted by molar-refractivity contribution is -0.118. The lowest BCUT2D eigenvalue weighted by Gasteiger charge is -2.26. The van der Waals surface area contributed by atoms with Gasteiger partial charge in [0.15, 0.2) is 0 Å². The second-order valence-corrected chi connectivity index (χ2v) is 3.92. The Balaban J connectivity index is 2.07. The number of hydrogen-bond donors (Lipinski definition) is 2. The molecule has 2 rings (SSSR count). The molecule has 0 spiro atoms. The average molecular weight is 198 g/mol. The Kier molecular flexibility index (Phi) is 2.41. The molecule has 1 saturated heterocycles. The Morgan fingerprint density at radius 2 is 2.21 bits per heavy atom. The van der Waals surface area contributed by atoms with Crippen molar-refractivity contribution in [3.8, 4) is 0 Å². The Morgan fingerprint density at radius 1 is 1.43 bits per heavy atom. The fraction of sp³-hybridized carbons (Fsp3) is 0.778. The van der Waals surface area contributed by atoms with Gasteiger partial charge in [0.05, 0.1) is 0 Å². The van der Waals surface area contributed by atoms with Crippen molar-refractivity contribution in [1.29, 1.82) is 0 Å². The van der Waals surface area contributed by atoms with Gasteiger partial charge >= 0.3 is 6.03 Å². The van der Waals surface area contributed by atoms with Crippen molar-refractivity contribution in [3.05, 3.63) is 0 Å². The molecule has 2 unspecified atom stereocenters. The molecule has 0 aromatic heterocycles. The number of hydrogen-bond acceptors (Lipinski definition) is 3. The number of urea groups is 1. The molecule has 2 fully saturated rings. The summed E-state index contributed by atoms with van der Waals surface area (Å²) in [6, 6.07) is -0.258. The van der Waals surface area contributed by atoms with Crippen molar-refractivity contribution < 1.29 is 14.7 Å². The monoisotopic (exact) mass is 198 g/mol. The quantitative estimate of drug-likeness (QED) is 0.598. The summed E-state index contributed by atoms with van der Waals surface area (Å²) in [5.74, 6) is -0.0924. The number of nitrogens with zero attached hydrogens (tertiary/aromatic N) is 1. The van der Waals surface area contributed by atoms with Crippen LogP contribution in [0.1, 0.15) is 19.3 Å². The van der Waals surface area contributed by atoms with Gasteiger partial charge in [-0.15, -0.1) is 0 Å². The maximum absolute atomic E-state index is 11.3. The molecule has 0 aromatic rings. The number of amides is 3. The first kappa shape index (κ1) is 9.45. The second kappa shape index (κ2) is 3.57. The molecule has 2 aliphatic rings. The molecular weight excluding hydrogens is 184 g/mol. The summed E-state index contributed by atoms with van der Waals surface area (Å²) in [5, 5.41) is 11.4. The summed E-state index contributed by atoms with van der Waals surface area (Å²) in [6.07, 6.45) is 2.86.